The van der Waals surface area contributed by atoms with Crippen molar-refractivity contribution in [3.8, 4) is 11.5 Å². The van der Waals surface area contributed by atoms with E-state index in [1.165, 1.54) is 18.2 Å². The van der Waals surface area contributed by atoms with Gasteiger partial charge in [-0.15, -0.1) is 0 Å². The van der Waals surface area contributed by atoms with Gasteiger partial charge in [-0.2, -0.15) is 0 Å². The van der Waals surface area contributed by atoms with Gasteiger partial charge in [-0.3, -0.25) is 9.59 Å². The topological polar surface area (TPSA) is 144 Å². The number of carbonyl (C=O) groups is 3. The molecule has 0 unspecified atom stereocenters. The van der Waals surface area contributed by atoms with E-state index in [4.69, 9.17) is 10.2 Å². The molecule has 0 spiro atoms. The van der Waals surface area contributed by atoms with Crippen LogP contribution in [0.25, 0.3) is 0 Å². The van der Waals surface area contributed by atoms with Crippen LogP contribution in [0.15, 0.2) is 18.2 Å². The number of carboxylic acid groups (broad SMARTS) is 2. The molecule has 0 radical (unpaired) electrons. The standard InChI is InChI=1S/C13H15NO7/c15-9-5-1-3-7(11(9)18)12(19)14-8(13(20)21)4-2-6-10(16)17/h1,3,5,8,15,18H,2,4,6H2,(H,14,19)(H,16,17)(H,20,21)/t8-/m0/s1. The van der Waals surface area contributed by atoms with Crippen molar-refractivity contribution in [2.45, 2.75) is 25.3 Å². The van der Waals surface area contributed by atoms with Crippen LogP contribution in [0.3, 0.4) is 0 Å². The first kappa shape index (κ1) is 16.3. The first-order chi connectivity index (χ1) is 9.82. The van der Waals surface area contributed by atoms with Crippen molar-refractivity contribution >= 4 is 17.8 Å². The van der Waals surface area contributed by atoms with Crippen LogP contribution in [0.2, 0.25) is 0 Å². The van der Waals surface area contributed by atoms with Crippen molar-refractivity contribution in [3.63, 3.8) is 0 Å². The highest BCUT2D eigenvalue weighted by Crippen LogP contribution is 2.28. The number of phenolic OH excluding ortho intramolecular Hbond substituents is 2. The second kappa shape index (κ2) is 7.13. The summed E-state index contributed by atoms with van der Waals surface area (Å²) < 4.78 is 0. The second-order valence-corrected chi connectivity index (χ2v) is 4.32. The zero-order chi connectivity index (χ0) is 16.0. The Kier molecular flexibility index (Phi) is 5.53. The van der Waals surface area contributed by atoms with Crippen molar-refractivity contribution in [2.24, 2.45) is 0 Å². The normalized spacial score (nSPS) is 11.6. The number of hydrogen-bond acceptors (Lipinski definition) is 5. The van der Waals surface area contributed by atoms with Crippen molar-refractivity contribution in [1.29, 1.82) is 0 Å². The quantitative estimate of drug-likeness (QED) is 0.462. The molecule has 0 aliphatic heterocycles. The summed E-state index contributed by atoms with van der Waals surface area (Å²) in [5.41, 5.74) is -0.264. The third-order valence-corrected chi connectivity index (χ3v) is 2.75. The number of amides is 1. The lowest BCUT2D eigenvalue weighted by atomic mass is 10.1. The molecule has 0 aliphatic rings. The lowest BCUT2D eigenvalue weighted by Gasteiger charge is -2.14. The molecule has 0 aromatic heterocycles. The fourth-order valence-electron chi connectivity index (χ4n) is 1.67. The van der Waals surface area contributed by atoms with E-state index >= 15 is 0 Å². The Morgan fingerprint density at radius 2 is 1.81 bits per heavy atom. The molecule has 5 N–H and O–H groups in total. The maximum absolute atomic E-state index is 11.9. The number of nitrogens with one attached hydrogen (secondary N) is 1. The highest BCUT2D eigenvalue weighted by atomic mass is 16.4. The molecule has 1 amide bonds. The summed E-state index contributed by atoms with van der Waals surface area (Å²) in [6.45, 7) is 0. The third-order valence-electron chi connectivity index (χ3n) is 2.75. The van der Waals surface area contributed by atoms with Crippen molar-refractivity contribution in [3.05, 3.63) is 23.8 Å². The molecule has 0 saturated carbocycles. The summed E-state index contributed by atoms with van der Waals surface area (Å²) >= 11 is 0. The zero-order valence-electron chi connectivity index (χ0n) is 10.9. The van der Waals surface area contributed by atoms with Gasteiger partial charge in [-0.05, 0) is 25.0 Å². The van der Waals surface area contributed by atoms with Gasteiger partial charge < -0.3 is 25.7 Å². The van der Waals surface area contributed by atoms with Crippen LogP contribution < -0.4 is 5.32 Å². The van der Waals surface area contributed by atoms with Crippen LogP contribution in [0.1, 0.15) is 29.6 Å². The maximum Gasteiger partial charge on any atom is 0.326 e. The monoisotopic (exact) mass is 297 g/mol. The Bertz CT molecular complexity index is 555. The first-order valence-corrected chi connectivity index (χ1v) is 6.09. The first-order valence-electron chi connectivity index (χ1n) is 6.09. The van der Waals surface area contributed by atoms with Gasteiger partial charge in [0.25, 0.3) is 5.91 Å². The number of benzene rings is 1. The average Bonchev–Trinajstić information content (AvgIpc) is 2.40. The van der Waals surface area contributed by atoms with Gasteiger partial charge in [-0.1, -0.05) is 6.07 Å². The zero-order valence-corrected chi connectivity index (χ0v) is 10.9. The molecule has 1 aromatic rings. The fourth-order valence-corrected chi connectivity index (χ4v) is 1.67. The molecule has 0 aliphatic carbocycles. The molecule has 0 fully saturated rings. The molecule has 0 saturated heterocycles. The van der Waals surface area contributed by atoms with Crippen LogP contribution in [0.5, 0.6) is 11.5 Å². The van der Waals surface area contributed by atoms with Gasteiger partial charge in [0.1, 0.15) is 6.04 Å². The molecule has 0 bridgehead atoms. The van der Waals surface area contributed by atoms with Crippen LogP contribution in [0, 0.1) is 0 Å². The van der Waals surface area contributed by atoms with E-state index in [1.807, 2.05) is 0 Å². The Morgan fingerprint density at radius 3 is 2.38 bits per heavy atom. The lowest BCUT2D eigenvalue weighted by Crippen LogP contribution is -2.40. The third kappa shape index (κ3) is 4.68. The van der Waals surface area contributed by atoms with Crippen LogP contribution >= 0.6 is 0 Å². The lowest BCUT2D eigenvalue weighted by molar-refractivity contribution is -0.140. The number of aliphatic carboxylic acids is 2. The fraction of sp³-hybridized carbons (Fsp3) is 0.308. The minimum atomic E-state index is -1.31. The van der Waals surface area contributed by atoms with Gasteiger partial charge in [0.15, 0.2) is 11.5 Å². The highest BCUT2D eigenvalue weighted by molar-refractivity contribution is 5.99. The Morgan fingerprint density at radius 1 is 1.14 bits per heavy atom. The van der Waals surface area contributed by atoms with E-state index in [0.29, 0.717) is 0 Å². The predicted octanol–water partition coefficient (Wildman–Crippen LogP) is 0.536. The smallest absolute Gasteiger partial charge is 0.326 e. The SMILES string of the molecule is O=C(O)CCC[C@H](NC(=O)c1cccc(O)c1O)C(=O)O. The Balaban J connectivity index is 2.74. The van der Waals surface area contributed by atoms with Gasteiger partial charge in [0.05, 0.1) is 5.56 Å². The molecular formula is C13H15NO7. The molecule has 21 heavy (non-hydrogen) atoms. The number of aromatic hydroxyl groups is 2. The summed E-state index contributed by atoms with van der Waals surface area (Å²) in [7, 11) is 0. The van der Waals surface area contributed by atoms with Gasteiger partial charge >= 0.3 is 11.9 Å². The molecule has 114 valence electrons. The average molecular weight is 297 g/mol. The number of rotatable bonds is 7. The van der Waals surface area contributed by atoms with Crippen molar-refractivity contribution < 1.29 is 34.8 Å². The number of hydrogen-bond donors (Lipinski definition) is 5. The van der Waals surface area contributed by atoms with Gasteiger partial charge in [0.2, 0.25) is 0 Å². The Hall–Kier alpha value is -2.77. The molecule has 1 rings (SSSR count). The van der Waals surface area contributed by atoms with Crippen LogP contribution in [-0.4, -0.2) is 44.3 Å². The number of carbonyl (C=O) groups excluding carboxylic acids is 1. The molecule has 8 nitrogen and oxygen atoms in total. The molecular weight excluding hydrogens is 282 g/mol. The second-order valence-electron chi connectivity index (χ2n) is 4.32. The van der Waals surface area contributed by atoms with Crippen molar-refractivity contribution in [2.75, 3.05) is 0 Å². The summed E-state index contributed by atoms with van der Waals surface area (Å²) in [6.07, 6.45) is -0.192. The summed E-state index contributed by atoms with van der Waals surface area (Å²) in [5.74, 6) is -4.39. The number of para-hydroxylation sites is 1. The van der Waals surface area contributed by atoms with Gasteiger partial charge in [-0.25, -0.2) is 4.79 Å². The number of carboxylic acids is 2. The summed E-state index contributed by atoms with van der Waals surface area (Å²) in [4.78, 5) is 33.3. The van der Waals surface area contributed by atoms with Crippen LogP contribution in [0.4, 0.5) is 0 Å². The molecule has 1 aromatic carbocycles. The number of phenols is 2. The Labute approximate surface area is 119 Å². The molecule has 8 heteroatoms. The van der Waals surface area contributed by atoms with Gasteiger partial charge in [0, 0.05) is 6.42 Å². The molecule has 1 atom stereocenters. The summed E-state index contributed by atoms with van der Waals surface area (Å²) in [6, 6.07) is 2.44. The van der Waals surface area contributed by atoms with E-state index in [2.05, 4.69) is 5.32 Å². The van der Waals surface area contributed by atoms with E-state index in [9.17, 15) is 24.6 Å². The predicted molar refractivity (Wildman–Crippen MR) is 70.1 cm³/mol. The van der Waals surface area contributed by atoms with Crippen molar-refractivity contribution in [1.82, 2.24) is 5.32 Å². The summed E-state index contributed by atoms with van der Waals surface area (Å²) in [5, 5.41) is 38.5. The molecule has 0 heterocycles. The van der Waals surface area contributed by atoms with E-state index in [1.54, 1.807) is 0 Å². The van der Waals surface area contributed by atoms with Crippen LogP contribution in [-0.2, 0) is 9.59 Å². The van der Waals surface area contributed by atoms with E-state index in [-0.39, 0.29) is 24.8 Å². The minimum Gasteiger partial charge on any atom is -0.504 e. The maximum atomic E-state index is 11.9. The van der Waals surface area contributed by atoms with E-state index < -0.39 is 35.4 Å². The minimum absolute atomic E-state index is 0.0625. The highest BCUT2D eigenvalue weighted by Gasteiger charge is 2.22. The van der Waals surface area contributed by atoms with E-state index in [0.717, 1.165) is 0 Å². The largest absolute Gasteiger partial charge is 0.504 e.